The predicted molar refractivity (Wildman–Crippen MR) is 99.6 cm³/mol. The minimum absolute atomic E-state index is 0.188. The van der Waals surface area contributed by atoms with Gasteiger partial charge in [0, 0.05) is 17.0 Å². The average molecular weight is 365 g/mol. The fraction of sp³-hybridized carbons (Fsp3) is 0.0500. The van der Waals surface area contributed by atoms with Gasteiger partial charge < -0.3 is 4.74 Å². The number of nitrogens with zero attached hydrogens (tertiary/aromatic N) is 2. The van der Waals surface area contributed by atoms with Crippen molar-refractivity contribution >= 4 is 45.3 Å². The zero-order valence-corrected chi connectivity index (χ0v) is 14.3. The van der Waals surface area contributed by atoms with Crippen LogP contribution in [-0.2, 0) is 4.74 Å². The van der Waals surface area contributed by atoms with Crippen molar-refractivity contribution in [3.63, 3.8) is 0 Å². The summed E-state index contributed by atoms with van der Waals surface area (Å²) in [6.07, 6.45) is 1.41. The molecule has 0 N–H and O–H groups in total. The van der Waals surface area contributed by atoms with Crippen molar-refractivity contribution in [3.8, 4) is 0 Å². The molecule has 0 fully saturated rings. The van der Waals surface area contributed by atoms with E-state index >= 15 is 0 Å². The fourth-order valence-electron chi connectivity index (χ4n) is 3.00. The number of esters is 1. The van der Waals surface area contributed by atoms with Gasteiger partial charge in [-0.15, -0.1) is 0 Å². The van der Waals surface area contributed by atoms with E-state index < -0.39 is 5.97 Å². The van der Waals surface area contributed by atoms with Crippen LogP contribution in [0.1, 0.15) is 15.2 Å². The first-order valence-electron chi connectivity index (χ1n) is 7.95. The molecule has 0 unspecified atom stereocenters. The van der Waals surface area contributed by atoms with Crippen molar-refractivity contribution in [2.75, 3.05) is 6.61 Å². The van der Waals surface area contributed by atoms with Crippen LogP contribution in [-0.4, -0.2) is 28.0 Å². The lowest BCUT2D eigenvalue weighted by atomic mass is 10.2. The third kappa shape index (κ3) is 2.82. The Labute approximate surface area is 153 Å². The van der Waals surface area contributed by atoms with E-state index in [0.717, 1.165) is 21.8 Å². The Kier molecular flexibility index (Phi) is 4.14. The van der Waals surface area contributed by atoms with E-state index in [9.17, 15) is 9.59 Å². The number of hydrogen-bond donors (Lipinski definition) is 0. The van der Waals surface area contributed by atoms with Crippen molar-refractivity contribution in [2.24, 2.45) is 0 Å². The smallest absolute Gasteiger partial charge is 0.338 e. The van der Waals surface area contributed by atoms with Crippen LogP contribution in [0.2, 0.25) is 5.15 Å². The summed E-state index contributed by atoms with van der Waals surface area (Å²) in [5, 5.41) is 2.14. The molecule has 26 heavy (non-hydrogen) atoms. The van der Waals surface area contributed by atoms with Crippen LogP contribution in [0.5, 0.6) is 0 Å². The number of halogens is 1. The maximum absolute atomic E-state index is 12.8. The number of para-hydroxylation sites is 2. The van der Waals surface area contributed by atoms with E-state index in [2.05, 4.69) is 4.98 Å². The number of pyridine rings is 1. The first-order chi connectivity index (χ1) is 12.6. The molecular formula is C20H13ClN2O3. The Morgan fingerprint density at radius 2 is 1.58 bits per heavy atom. The van der Waals surface area contributed by atoms with Gasteiger partial charge in [-0.2, -0.15) is 0 Å². The van der Waals surface area contributed by atoms with Crippen molar-refractivity contribution in [2.45, 2.75) is 0 Å². The highest BCUT2D eigenvalue weighted by Gasteiger charge is 2.17. The highest BCUT2D eigenvalue weighted by molar-refractivity contribution is 6.29. The maximum Gasteiger partial charge on any atom is 0.338 e. The summed E-state index contributed by atoms with van der Waals surface area (Å²) in [5.74, 6) is -0.945. The molecule has 2 aromatic heterocycles. The number of benzene rings is 2. The van der Waals surface area contributed by atoms with E-state index in [4.69, 9.17) is 16.3 Å². The molecule has 0 bridgehead atoms. The standard InChI is InChI=1S/C20H13ClN2O3/c21-18-11-13(9-10-22-18)20(25)26-12-19(24)23-16-7-3-1-5-14(16)15-6-2-4-8-17(15)23/h1-11H,12H2. The molecule has 0 saturated heterocycles. The number of hydrogen-bond acceptors (Lipinski definition) is 4. The van der Waals surface area contributed by atoms with Crippen molar-refractivity contribution in [1.82, 2.24) is 9.55 Å². The average Bonchev–Trinajstić information content (AvgIpc) is 3.00. The molecule has 0 saturated carbocycles. The molecule has 0 radical (unpaired) electrons. The van der Waals surface area contributed by atoms with Gasteiger partial charge in [-0.1, -0.05) is 48.0 Å². The zero-order chi connectivity index (χ0) is 18.1. The van der Waals surface area contributed by atoms with Gasteiger partial charge >= 0.3 is 5.97 Å². The number of rotatable bonds is 3. The lowest BCUT2D eigenvalue weighted by Crippen LogP contribution is -2.20. The lowest BCUT2D eigenvalue weighted by Gasteiger charge is -2.07. The van der Waals surface area contributed by atoms with Crippen LogP contribution in [0.15, 0.2) is 66.9 Å². The monoisotopic (exact) mass is 364 g/mol. The van der Waals surface area contributed by atoms with Gasteiger partial charge in [-0.3, -0.25) is 9.36 Å². The number of carbonyl (C=O) groups excluding carboxylic acids is 2. The maximum atomic E-state index is 12.8. The Balaban J connectivity index is 1.65. The lowest BCUT2D eigenvalue weighted by molar-refractivity contribution is 0.0452. The molecule has 0 aliphatic heterocycles. The Morgan fingerprint density at radius 1 is 0.962 bits per heavy atom. The molecule has 0 aliphatic carbocycles. The largest absolute Gasteiger partial charge is 0.452 e. The second-order valence-electron chi connectivity index (χ2n) is 5.71. The summed E-state index contributed by atoms with van der Waals surface area (Å²) in [6.45, 7) is -0.374. The van der Waals surface area contributed by atoms with Crippen LogP contribution >= 0.6 is 11.6 Å². The zero-order valence-electron chi connectivity index (χ0n) is 13.6. The molecule has 128 valence electrons. The first-order valence-corrected chi connectivity index (χ1v) is 8.33. The second-order valence-corrected chi connectivity index (χ2v) is 6.09. The Morgan fingerprint density at radius 3 is 2.19 bits per heavy atom. The number of ether oxygens (including phenoxy) is 1. The Bertz CT molecular complexity index is 1100. The quantitative estimate of drug-likeness (QED) is 0.401. The third-order valence-corrected chi connectivity index (χ3v) is 4.33. The predicted octanol–water partition coefficient (Wildman–Crippen LogP) is 4.34. The highest BCUT2D eigenvalue weighted by atomic mass is 35.5. The van der Waals surface area contributed by atoms with E-state index in [-0.39, 0.29) is 23.2 Å². The summed E-state index contributed by atoms with van der Waals surface area (Å²) in [5.41, 5.74) is 1.81. The van der Waals surface area contributed by atoms with E-state index in [1.165, 1.54) is 18.3 Å². The molecule has 0 aliphatic rings. The van der Waals surface area contributed by atoms with E-state index in [1.807, 2.05) is 48.5 Å². The molecule has 5 nitrogen and oxygen atoms in total. The number of carbonyl (C=O) groups is 2. The Hall–Kier alpha value is -3.18. The second kappa shape index (κ2) is 6.61. The van der Waals surface area contributed by atoms with Gasteiger partial charge in [-0.25, -0.2) is 9.78 Å². The SMILES string of the molecule is O=C(OCC(=O)n1c2ccccc2c2ccccc21)c1ccnc(Cl)c1. The molecule has 4 rings (SSSR count). The molecular weight excluding hydrogens is 352 g/mol. The summed E-state index contributed by atoms with van der Waals surface area (Å²) in [7, 11) is 0. The van der Waals surface area contributed by atoms with Crippen molar-refractivity contribution in [1.29, 1.82) is 0 Å². The van der Waals surface area contributed by atoms with E-state index in [1.54, 1.807) is 4.57 Å². The van der Waals surface area contributed by atoms with Gasteiger partial charge in [0.2, 0.25) is 0 Å². The minimum atomic E-state index is -0.622. The normalized spacial score (nSPS) is 11.0. The van der Waals surface area contributed by atoms with Crippen LogP contribution in [0.25, 0.3) is 21.8 Å². The van der Waals surface area contributed by atoms with Crippen LogP contribution < -0.4 is 0 Å². The van der Waals surface area contributed by atoms with Crippen LogP contribution in [0.4, 0.5) is 0 Å². The molecule has 0 amide bonds. The molecule has 2 aromatic carbocycles. The topological polar surface area (TPSA) is 61.2 Å². The minimum Gasteiger partial charge on any atom is -0.452 e. The van der Waals surface area contributed by atoms with Gasteiger partial charge in [0.1, 0.15) is 5.15 Å². The molecule has 2 heterocycles. The van der Waals surface area contributed by atoms with Crippen LogP contribution in [0, 0.1) is 0 Å². The highest BCUT2D eigenvalue weighted by Crippen LogP contribution is 2.28. The molecule has 4 aromatic rings. The van der Waals surface area contributed by atoms with E-state index in [0.29, 0.717) is 0 Å². The first kappa shape index (κ1) is 16.3. The third-order valence-electron chi connectivity index (χ3n) is 4.12. The fourth-order valence-corrected chi connectivity index (χ4v) is 3.17. The molecule has 0 spiro atoms. The van der Waals surface area contributed by atoms with Gasteiger partial charge in [0.15, 0.2) is 6.61 Å². The van der Waals surface area contributed by atoms with Crippen molar-refractivity contribution in [3.05, 3.63) is 77.6 Å². The number of fused-ring (bicyclic) bond motifs is 3. The summed E-state index contributed by atoms with van der Waals surface area (Å²) in [4.78, 5) is 28.7. The molecule has 0 atom stereocenters. The van der Waals surface area contributed by atoms with Gasteiger partial charge in [-0.05, 0) is 24.3 Å². The van der Waals surface area contributed by atoms with Gasteiger partial charge in [0.05, 0.1) is 16.6 Å². The van der Waals surface area contributed by atoms with Crippen LogP contribution in [0.3, 0.4) is 0 Å². The number of aromatic nitrogens is 2. The summed E-state index contributed by atoms with van der Waals surface area (Å²) in [6, 6.07) is 18.2. The summed E-state index contributed by atoms with van der Waals surface area (Å²) >= 11 is 5.77. The van der Waals surface area contributed by atoms with Crippen molar-refractivity contribution < 1.29 is 14.3 Å². The van der Waals surface area contributed by atoms with Gasteiger partial charge in [0.25, 0.3) is 5.91 Å². The summed E-state index contributed by atoms with van der Waals surface area (Å²) < 4.78 is 6.75. The molecule has 6 heteroatoms.